The van der Waals surface area contributed by atoms with Crippen LogP contribution in [0.3, 0.4) is 0 Å². The van der Waals surface area contributed by atoms with Crippen LogP contribution in [-0.2, 0) is 4.74 Å². The minimum Gasteiger partial charge on any atom is -0.444 e. The van der Waals surface area contributed by atoms with Gasteiger partial charge in [-0.05, 0) is 63.4 Å². The van der Waals surface area contributed by atoms with Crippen molar-refractivity contribution in [1.82, 2.24) is 5.32 Å². The Kier molecular flexibility index (Phi) is 8.95. The molecule has 1 unspecified atom stereocenters. The van der Waals surface area contributed by atoms with E-state index in [1.54, 1.807) is 6.07 Å². The Balaban J connectivity index is 0.000000303. The number of ether oxygens (including phenoxy) is 1. The molecule has 1 heterocycles. The first-order chi connectivity index (χ1) is 16.4. The number of alkyl carbamates (subject to hydrolysis) is 1. The van der Waals surface area contributed by atoms with Crippen molar-refractivity contribution < 1.29 is 18.8 Å². The van der Waals surface area contributed by atoms with Crippen molar-refractivity contribution in [3.63, 3.8) is 0 Å². The summed E-state index contributed by atoms with van der Waals surface area (Å²) in [5.74, 6) is -0.289. The molecule has 0 spiro atoms. The molecular weight excluding hydrogens is 455 g/mol. The summed E-state index contributed by atoms with van der Waals surface area (Å²) in [6.45, 7) is 7.86. The number of amides is 1. The van der Waals surface area contributed by atoms with E-state index < -0.39 is 16.3 Å². The Morgan fingerprint density at radius 2 is 1.94 bits per heavy atom. The van der Waals surface area contributed by atoms with Gasteiger partial charge in [0.1, 0.15) is 29.1 Å². The number of nitro groups is 1. The van der Waals surface area contributed by atoms with Crippen molar-refractivity contribution in [3.8, 4) is 12.1 Å². The molecule has 11 heteroatoms. The summed E-state index contributed by atoms with van der Waals surface area (Å²) in [4.78, 5) is 23.4. The lowest BCUT2D eigenvalue weighted by atomic mass is 10.1. The zero-order valence-corrected chi connectivity index (χ0v) is 19.7. The van der Waals surface area contributed by atoms with Crippen LogP contribution in [0.4, 0.5) is 26.2 Å². The molecule has 1 fully saturated rings. The average molecular weight is 483 g/mol. The van der Waals surface area contributed by atoms with Gasteiger partial charge in [-0.3, -0.25) is 10.1 Å². The van der Waals surface area contributed by atoms with Crippen molar-refractivity contribution >= 4 is 23.2 Å². The molecule has 1 saturated heterocycles. The number of rotatable bonds is 4. The molecule has 0 aromatic heterocycles. The summed E-state index contributed by atoms with van der Waals surface area (Å²) in [6.07, 6.45) is 0.609. The van der Waals surface area contributed by atoms with Crippen LogP contribution in [0.1, 0.15) is 38.3 Å². The van der Waals surface area contributed by atoms with Gasteiger partial charge in [0.25, 0.3) is 5.69 Å². The van der Waals surface area contributed by atoms with E-state index in [0.29, 0.717) is 23.7 Å². The van der Waals surface area contributed by atoms with Crippen molar-refractivity contribution in [2.24, 2.45) is 5.92 Å². The van der Waals surface area contributed by atoms with Gasteiger partial charge in [0.15, 0.2) is 0 Å². The molecule has 2 aromatic rings. The second-order valence-electron chi connectivity index (χ2n) is 8.90. The average Bonchev–Trinajstić information content (AvgIpc) is 3.26. The van der Waals surface area contributed by atoms with E-state index in [0.717, 1.165) is 43.4 Å². The lowest BCUT2D eigenvalue weighted by Crippen LogP contribution is -2.36. The second-order valence-corrected chi connectivity index (χ2v) is 8.90. The van der Waals surface area contributed by atoms with Gasteiger partial charge in [0.05, 0.1) is 10.5 Å². The van der Waals surface area contributed by atoms with Crippen molar-refractivity contribution in [3.05, 3.63) is 63.5 Å². The number of nitriles is 2. The summed E-state index contributed by atoms with van der Waals surface area (Å²) < 4.78 is 17.7. The molecule has 3 rings (SSSR count). The number of hydrogen-bond acceptors (Lipinski definition) is 8. The van der Waals surface area contributed by atoms with Gasteiger partial charge < -0.3 is 20.7 Å². The Morgan fingerprint density at radius 3 is 2.54 bits per heavy atom. The maximum Gasteiger partial charge on any atom is 0.407 e. The Morgan fingerprint density at radius 1 is 1.26 bits per heavy atom. The summed E-state index contributed by atoms with van der Waals surface area (Å²) in [5.41, 5.74) is 6.62. The highest BCUT2D eigenvalue weighted by atomic mass is 19.1. The van der Waals surface area contributed by atoms with E-state index in [9.17, 15) is 19.3 Å². The normalized spacial score (nSPS) is 14.7. The van der Waals surface area contributed by atoms with Crippen LogP contribution in [0.5, 0.6) is 0 Å². The van der Waals surface area contributed by atoms with E-state index in [1.165, 1.54) is 6.07 Å². The number of hydrogen-bond donors (Lipinski definition) is 2. The fourth-order valence-corrected chi connectivity index (χ4v) is 3.37. The zero-order valence-electron chi connectivity index (χ0n) is 19.7. The van der Waals surface area contributed by atoms with E-state index in [1.807, 2.05) is 32.9 Å². The van der Waals surface area contributed by atoms with Crippen molar-refractivity contribution in [2.45, 2.75) is 32.8 Å². The molecule has 35 heavy (non-hydrogen) atoms. The maximum atomic E-state index is 12.4. The van der Waals surface area contributed by atoms with Crippen LogP contribution in [0, 0.1) is 44.5 Å². The largest absolute Gasteiger partial charge is 0.444 e. The molecule has 0 saturated carbocycles. The number of halogens is 1. The summed E-state index contributed by atoms with van der Waals surface area (Å²) in [5, 5.41) is 30.5. The molecule has 10 nitrogen and oxygen atoms in total. The highest BCUT2D eigenvalue weighted by Gasteiger charge is 2.24. The first-order valence-corrected chi connectivity index (χ1v) is 10.8. The third-order valence-corrected chi connectivity index (χ3v) is 5.02. The van der Waals surface area contributed by atoms with Crippen LogP contribution in [0.2, 0.25) is 0 Å². The maximum absolute atomic E-state index is 12.4. The third-order valence-electron chi connectivity index (χ3n) is 5.02. The zero-order chi connectivity index (χ0) is 26.2. The molecular formula is C24H27FN6O4. The molecule has 1 aliphatic rings. The molecule has 3 N–H and O–H groups in total. The van der Waals surface area contributed by atoms with Crippen molar-refractivity contribution in [1.29, 1.82) is 10.5 Å². The predicted molar refractivity (Wildman–Crippen MR) is 128 cm³/mol. The van der Waals surface area contributed by atoms with E-state index in [-0.39, 0.29) is 17.3 Å². The Bertz CT molecular complexity index is 1170. The fourth-order valence-electron chi connectivity index (χ4n) is 3.37. The van der Waals surface area contributed by atoms with Crippen LogP contribution in [0.25, 0.3) is 0 Å². The SMILES string of the molecule is CC(C)(C)OC(=O)NCC1CCN(c2ccc(N)c(C#N)c2)C1.N#Cc1cc(F)ccc1[N+](=O)[O-]. The standard InChI is InChI=1S/C17H24N4O2.C7H3FN2O2/c1-17(2,3)23-16(22)20-10-12-6-7-21(11-12)14-4-5-15(19)13(8-14)9-18;8-6-1-2-7(10(11)12)5(3-6)4-9/h4-5,8,12H,6-7,10-11,19H2,1-3H3,(H,20,22);1-3H. The molecule has 0 radical (unpaired) electrons. The Labute approximate surface area is 202 Å². The van der Waals surface area contributed by atoms with Gasteiger partial charge in [-0.15, -0.1) is 0 Å². The number of nitrogens with zero attached hydrogens (tertiary/aromatic N) is 4. The van der Waals surface area contributed by atoms with Crippen LogP contribution in [0.15, 0.2) is 36.4 Å². The lowest BCUT2D eigenvalue weighted by molar-refractivity contribution is -0.385. The summed E-state index contributed by atoms with van der Waals surface area (Å²) in [6, 6.07) is 11.9. The molecule has 184 valence electrons. The summed E-state index contributed by atoms with van der Waals surface area (Å²) >= 11 is 0. The molecule has 0 bridgehead atoms. The fraction of sp³-hybridized carbons (Fsp3) is 0.375. The predicted octanol–water partition coefficient (Wildman–Crippen LogP) is 4.10. The number of nitro benzene ring substituents is 1. The number of carbonyl (C=O) groups excluding carboxylic acids is 1. The van der Waals surface area contributed by atoms with E-state index in [4.69, 9.17) is 21.0 Å². The minimum absolute atomic E-state index is 0.264. The van der Waals surface area contributed by atoms with Crippen LogP contribution in [-0.4, -0.2) is 36.3 Å². The quantitative estimate of drug-likeness (QED) is 0.374. The number of benzene rings is 2. The first kappa shape index (κ1) is 26.9. The first-order valence-electron chi connectivity index (χ1n) is 10.8. The smallest absolute Gasteiger partial charge is 0.407 e. The van der Waals surface area contributed by atoms with Gasteiger partial charge in [0.2, 0.25) is 0 Å². The van der Waals surface area contributed by atoms with Gasteiger partial charge >= 0.3 is 6.09 Å². The van der Waals surface area contributed by atoms with Crippen molar-refractivity contribution in [2.75, 3.05) is 30.3 Å². The van der Waals surface area contributed by atoms with Gasteiger partial charge in [0, 0.05) is 37.1 Å². The third kappa shape index (κ3) is 8.16. The number of anilines is 2. The van der Waals surface area contributed by atoms with Crippen LogP contribution >= 0.6 is 0 Å². The molecule has 1 amide bonds. The van der Waals surface area contributed by atoms with Crippen LogP contribution < -0.4 is 16.0 Å². The number of nitrogens with one attached hydrogen (secondary N) is 1. The molecule has 2 aromatic carbocycles. The molecule has 0 aliphatic carbocycles. The number of carbonyl (C=O) groups is 1. The number of nitrogens with two attached hydrogens (primary N) is 1. The Hall–Kier alpha value is -4.38. The van der Waals surface area contributed by atoms with Gasteiger partial charge in [-0.1, -0.05) is 0 Å². The molecule has 1 aliphatic heterocycles. The highest BCUT2D eigenvalue weighted by molar-refractivity contribution is 5.67. The van der Waals surface area contributed by atoms with E-state index in [2.05, 4.69) is 16.3 Å². The van der Waals surface area contributed by atoms with Gasteiger partial charge in [-0.25, -0.2) is 9.18 Å². The minimum atomic E-state index is -0.724. The second kappa shape index (κ2) is 11.7. The van der Waals surface area contributed by atoms with Gasteiger partial charge in [-0.2, -0.15) is 10.5 Å². The molecule has 1 atom stereocenters. The highest BCUT2D eigenvalue weighted by Crippen LogP contribution is 2.26. The topological polar surface area (TPSA) is 158 Å². The summed E-state index contributed by atoms with van der Waals surface area (Å²) in [7, 11) is 0. The van der Waals surface area contributed by atoms with E-state index >= 15 is 0 Å². The lowest BCUT2D eigenvalue weighted by Gasteiger charge is -2.21. The monoisotopic (exact) mass is 482 g/mol. The number of nitrogen functional groups attached to an aromatic ring is 1.